The van der Waals surface area contributed by atoms with Crippen molar-refractivity contribution in [3.05, 3.63) is 27.8 Å². The van der Waals surface area contributed by atoms with Crippen LogP contribution in [0.25, 0.3) is 0 Å². The van der Waals surface area contributed by atoms with Crippen LogP contribution in [0.2, 0.25) is 0 Å². The number of aldehydes is 3. The van der Waals surface area contributed by atoms with Crippen molar-refractivity contribution in [2.75, 3.05) is 0 Å². The van der Waals surface area contributed by atoms with Crippen molar-refractivity contribution >= 4 is 31.5 Å². The first-order valence-electron chi connectivity index (χ1n) is 5.55. The summed E-state index contributed by atoms with van der Waals surface area (Å²) in [6.07, 6.45) is 1.98. The summed E-state index contributed by atoms with van der Waals surface area (Å²) in [5.74, 6) is 0. The van der Waals surface area contributed by atoms with Crippen LogP contribution in [0.1, 0.15) is 63.0 Å². The smallest absolute Gasteiger partial charge is 0.151 e. The highest BCUT2D eigenvalue weighted by atomic mass is 32.1. The van der Waals surface area contributed by atoms with Crippen molar-refractivity contribution < 1.29 is 14.4 Å². The maximum absolute atomic E-state index is 11.3. The van der Waals surface area contributed by atoms with E-state index in [-0.39, 0.29) is 5.41 Å². The Balaban J connectivity index is 3.96. The number of hydrogen-bond acceptors (Lipinski definition) is 4. The Kier molecular flexibility index (Phi) is 4.12. The van der Waals surface area contributed by atoms with E-state index < -0.39 is 0 Å². The van der Waals surface area contributed by atoms with Gasteiger partial charge >= 0.3 is 0 Å². The predicted octanol–water partition coefficient (Wildman–Crippen LogP) is 3.02. The van der Waals surface area contributed by atoms with Crippen LogP contribution < -0.4 is 0 Å². The molecule has 0 radical (unpaired) electrons. The highest BCUT2D eigenvalue weighted by molar-refractivity contribution is 7.80. The summed E-state index contributed by atoms with van der Waals surface area (Å²) in [7, 11) is 0. The fourth-order valence-electron chi connectivity index (χ4n) is 2.13. The highest BCUT2D eigenvalue weighted by Crippen LogP contribution is 2.35. The second-order valence-corrected chi connectivity index (χ2v) is 5.64. The lowest BCUT2D eigenvalue weighted by Crippen LogP contribution is -2.20. The van der Waals surface area contributed by atoms with Crippen molar-refractivity contribution in [1.82, 2.24) is 0 Å². The number of hydrogen-bond donors (Lipinski definition) is 1. The number of thiol groups is 1. The second-order valence-electron chi connectivity index (χ2n) is 5.19. The van der Waals surface area contributed by atoms with Gasteiger partial charge in [-0.1, -0.05) is 20.8 Å². The molecule has 0 aliphatic heterocycles. The molecule has 0 saturated carbocycles. The third-order valence-electron chi connectivity index (χ3n) is 2.96. The van der Waals surface area contributed by atoms with Crippen LogP contribution in [0.3, 0.4) is 0 Å². The lowest BCUT2D eigenvalue weighted by Gasteiger charge is -2.26. The summed E-state index contributed by atoms with van der Waals surface area (Å²) in [6.45, 7) is 7.43. The van der Waals surface area contributed by atoms with Gasteiger partial charge in [0.1, 0.15) is 0 Å². The van der Waals surface area contributed by atoms with Gasteiger partial charge in [0.2, 0.25) is 0 Å². The Bertz CT molecular complexity index is 490. The molecular formula is C14H16O3S. The topological polar surface area (TPSA) is 51.2 Å². The fraction of sp³-hybridized carbons (Fsp3) is 0.357. The van der Waals surface area contributed by atoms with Gasteiger partial charge in [-0.3, -0.25) is 14.4 Å². The molecule has 0 atom stereocenters. The molecule has 0 amide bonds. The minimum Gasteiger partial charge on any atom is -0.298 e. The quantitative estimate of drug-likeness (QED) is 0.674. The fourth-order valence-corrected chi connectivity index (χ4v) is 2.52. The zero-order valence-corrected chi connectivity index (χ0v) is 11.8. The average molecular weight is 264 g/mol. The molecule has 0 aliphatic carbocycles. The largest absolute Gasteiger partial charge is 0.298 e. The third kappa shape index (κ3) is 2.25. The van der Waals surface area contributed by atoms with E-state index >= 15 is 0 Å². The molecule has 0 saturated heterocycles. The Morgan fingerprint density at radius 2 is 1.33 bits per heavy atom. The SMILES string of the molecule is Cc1c(C=O)c(S)c(C=O)c(C(C)(C)C)c1C=O. The first-order valence-corrected chi connectivity index (χ1v) is 5.99. The van der Waals surface area contributed by atoms with Crippen molar-refractivity contribution in [2.24, 2.45) is 0 Å². The molecule has 4 heteroatoms. The van der Waals surface area contributed by atoms with Crippen LogP contribution in [0.4, 0.5) is 0 Å². The Morgan fingerprint density at radius 1 is 0.889 bits per heavy atom. The van der Waals surface area contributed by atoms with Crippen LogP contribution >= 0.6 is 12.6 Å². The van der Waals surface area contributed by atoms with Gasteiger partial charge in [0.25, 0.3) is 0 Å². The third-order valence-corrected chi connectivity index (χ3v) is 3.44. The van der Waals surface area contributed by atoms with E-state index in [9.17, 15) is 14.4 Å². The summed E-state index contributed by atoms with van der Waals surface area (Å²) < 4.78 is 0. The van der Waals surface area contributed by atoms with Gasteiger partial charge in [-0.2, -0.15) is 0 Å². The standard InChI is InChI=1S/C14H16O3S/c1-8-9(5-15)12(14(2,3)4)11(7-17)13(18)10(8)6-16/h5-7,18H,1-4H3. The van der Waals surface area contributed by atoms with Crippen LogP contribution in [-0.2, 0) is 5.41 Å². The number of carbonyl (C=O) groups excluding carboxylic acids is 3. The van der Waals surface area contributed by atoms with Gasteiger partial charge in [-0.25, -0.2) is 0 Å². The monoisotopic (exact) mass is 264 g/mol. The van der Waals surface area contributed by atoms with Gasteiger partial charge in [0.05, 0.1) is 0 Å². The second kappa shape index (κ2) is 5.06. The molecule has 0 fully saturated rings. The van der Waals surface area contributed by atoms with Crippen molar-refractivity contribution in [3.63, 3.8) is 0 Å². The summed E-state index contributed by atoms with van der Waals surface area (Å²) in [4.78, 5) is 34.0. The lowest BCUT2D eigenvalue weighted by atomic mass is 9.78. The minimum absolute atomic E-state index is 0.301. The van der Waals surface area contributed by atoms with Gasteiger partial charge in [-0.05, 0) is 23.5 Å². The number of benzene rings is 1. The Morgan fingerprint density at radius 3 is 1.67 bits per heavy atom. The van der Waals surface area contributed by atoms with Crippen LogP contribution in [0.5, 0.6) is 0 Å². The molecule has 3 nitrogen and oxygen atoms in total. The Labute approximate surface area is 112 Å². The molecule has 0 aromatic heterocycles. The first-order chi connectivity index (χ1) is 8.29. The minimum atomic E-state index is -0.379. The van der Waals surface area contributed by atoms with Crippen LogP contribution in [0, 0.1) is 6.92 Å². The summed E-state index contributed by atoms with van der Waals surface area (Å²) >= 11 is 4.25. The normalized spacial score (nSPS) is 11.2. The van der Waals surface area contributed by atoms with E-state index in [0.717, 1.165) is 0 Å². The highest BCUT2D eigenvalue weighted by Gasteiger charge is 2.27. The van der Waals surface area contributed by atoms with Crippen molar-refractivity contribution in [2.45, 2.75) is 38.0 Å². The summed E-state index contributed by atoms with van der Waals surface area (Å²) in [5, 5.41) is 0. The summed E-state index contributed by atoms with van der Waals surface area (Å²) in [6, 6.07) is 0. The van der Waals surface area contributed by atoms with Gasteiger partial charge in [0.15, 0.2) is 18.9 Å². The van der Waals surface area contributed by atoms with E-state index in [1.54, 1.807) is 6.92 Å². The van der Waals surface area contributed by atoms with Gasteiger partial charge < -0.3 is 0 Å². The molecule has 1 aromatic rings. The lowest BCUT2D eigenvalue weighted by molar-refractivity contribution is 0.111. The molecule has 1 rings (SSSR count). The molecule has 1 aromatic carbocycles. The maximum atomic E-state index is 11.3. The predicted molar refractivity (Wildman–Crippen MR) is 73.3 cm³/mol. The molecule has 0 unspecified atom stereocenters. The number of carbonyl (C=O) groups is 3. The van der Waals surface area contributed by atoms with E-state index in [0.29, 0.717) is 51.6 Å². The zero-order valence-electron chi connectivity index (χ0n) is 10.9. The molecule has 0 heterocycles. The molecule has 96 valence electrons. The zero-order chi connectivity index (χ0) is 14.1. The van der Waals surface area contributed by atoms with Crippen LogP contribution in [0.15, 0.2) is 4.90 Å². The number of rotatable bonds is 3. The molecule has 0 bridgehead atoms. The van der Waals surface area contributed by atoms with Crippen molar-refractivity contribution in [1.29, 1.82) is 0 Å². The van der Waals surface area contributed by atoms with Crippen LogP contribution in [-0.4, -0.2) is 18.9 Å². The van der Waals surface area contributed by atoms with Crippen molar-refractivity contribution in [3.8, 4) is 0 Å². The molecule has 0 N–H and O–H groups in total. The molecule has 18 heavy (non-hydrogen) atoms. The first kappa shape index (κ1) is 14.6. The van der Waals surface area contributed by atoms with E-state index in [4.69, 9.17) is 0 Å². The molecule has 0 aliphatic rings. The average Bonchev–Trinajstić information content (AvgIpc) is 2.27. The van der Waals surface area contributed by atoms with E-state index in [1.165, 1.54) is 0 Å². The van der Waals surface area contributed by atoms with Gasteiger partial charge in [0, 0.05) is 21.6 Å². The maximum Gasteiger partial charge on any atom is 0.151 e. The van der Waals surface area contributed by atoms with Gasteiger partial charge in [-0.15, -0.1) is 12.6 Å². The van der Waals surface area contributed by atoms with E-state index in [1.807, 2.05) is 20.8 Å². The molecular weight excluding hydrogens is 248 g/mol. The Hall–Kier alpha value is -1.42. The summed E-state index contributed by atoms with van der Waals surface area (Å²) in [5.41, 5.74) is 1.86. The van der Waals surface area contributed by atoms with E-state index in [2.05, 4.69) is 12.6 Å². The molecule has 0 spiro atoms.